The summed E-state index contributed by atoms with van der Waals surface area (Å²) in [7, 11) is 2.12. The van der Waals surface area contributed by atoms with Crippen molar-refractivity contribution >= 4 is 22.9 Å². The molecule has 1 N–H and O–H groups in total. The van der Waals surface area contributed by atoms with Crippen LogP contribution in [0, 0.1) is 0 Å². The zero-order valence-electron chi connectivity index (χ0n) is 14.6. The maximum atomic E-state index is 11.1. The van der Waals surface area contributed by atoms with Gasteiger partial charge >= 0.3 is 5.97 Å². The fourth-order valence-electron chi connectivity index (χ4n) is 2.95. The van der Waals surface area contributed by atoms with E-state index in [-0.39, 0.29) is 6.42 Å². The topological polar surface area (TPSA) is 49.8 Å². The summed E-state index contributed by atoms with van der Waals surface area (Å²) in [5.74, 6) is 0.00837. The second kappa shape index (κ2) is 7.85. The zero-order chi connectivity index (χ0) is 17.8. The number of carbonyl (C=O) groups is 1. The molecule has 1 aromatic heterocycles. The van der Waals surface area contributed by atoms with Crippen LogP contribution in [-0.2, 0) is 17.8 Å². The summed E-state index contributed by atoms with van der Waals surface area (Å²) in [4.78, 5) is 14.6. The molecule has 0 fully saturated rings. The molecule has 4 nitrogen and oxygen atoms in total. The molecule has 3 rings (SSSR count). The van der Waals surface area contributed by atoms with Gasteiger partial charge in [0.05, 0.1) is 6.42 Å². The van der Waals surface area contributed by atoms with Crippen molar-refractivity contribution in [1.82, 2.24) is 4.90 Å². The van der Waals surface area contributed by atoms with E-state index < -0.39 is 5.97 Å². The Morgan fingerprint density at radius 3 is 3.00 bits per heavy atom. The highest BCUT2D eigenvalue weighted by Crippen LogP contribution is 2.40. The van der Waals surface area contributed by atoms with Gasteiger partial charge in [-0.2, -0.15) is 0 Å². The van der Waals surface area contributed by atoms with Gasteiger partial charge in [-0.1, -0.05) is 19.1 Å². The number of carboxylic acids is 1. The van der Waals surface area contributed by atoms with E-state index in [1.165, 1.54) is 10.4 Å². The molecular formula is C20H23NO3S. The summed E-state index contributed by atoms with van der Waals surface area (Å²) in [5.41, 5.74) is 4.15. The minimum atomic E-state index is -0.818. The van der Waals surface area contributed by atoms with E-state index in [0.29, 0.717) is 6.61 Å². The lowest BCUT2D eigenvalue weighted by Gasteiger charge is -2.14. The lowest BCUT2D eigenvalue weighted by molar-refractivity contribution is -0.136. The molecule has 0 aliphatic carbocycles. The van der Waals surface area contributed by atoms with Crippen molar-refractivity contribution in [3.63, 3.8) is 0 Å². The van der Waals surface area contributed by atoms with Gasteiger partial charge in [-0.3, -0.25) is 4.79 Å². The molecule has 0 saturated heterocycles. The van der Waals surface area contributed by atoms with E-state index in [2.05, 4.69) is 36.4 Å². The summed E-state index contributed by atoms with van der Waals surface area (Å²) in [6, 6.07) is 7.81. The van der Waals surface area contributed by atoms with Crippen molar-refractivity contribution in [2.75, 3.05) is 20.1 Å². The van der Waals surface area contributed by atoms with Gasteiger partial charge < -0.3 is 14.7 Å². The normalized spacial score (nSPS) is 14.8. The zero-order valence-corrected chi connectivity index (χ0v) is 15.4. The van der Waals surface area contributed by atoms with Crippen molar-refractivity contribution in [2.24, 2.45) is 0 Å². The number of ether oxygens (including phenoxy) is 1. The van der Waals surface area contributed by atoms with Crippen molar-refractivity contribution in [2.45, 2.75) is 26.4 Å². The highest BCUT2D eigenvalue weighted by molar-refractivity contribution is 7.11. The highest BCUT2D eigenvalue weighted by atomic mass is 32.1. The third-order valence-electron chi connectivity index (χ3n) is 4.46. The fraction of sp³-hybridized carbons (Fsp3) is 0.350. The van der Waals surface area contributed by atoms with Gasteiger partial charge in [-0.15, -0.1) is 11.3 Å². The Balaban J connectivity index is 2.00. The van der Waals surface area contributed by atoms with Crippen LogP contribution in [0.2, 0.25) is 0 Å². The quantitative estimate of drug-likeness (QED) is 0.848. The Morgan fingerprint density at radius 2 is 2.24 bits per heavy atom. The van der Waals surface area contributed by atoms with E-state index >= 15 is 0 Å². The maximum absolute atomic E-state index is 11.1. The smallest absolute Gasteiger partial charge is 0.307 e. The first-order valence-corrected chi connectivity index (χ1v) is 9.39. The largest absolute Gasteiger partial charge is 0.488 e. The van der Waals surface area contributed by atoms with E-state index in [1.807, 2.05) is 18.2 Å². The maximum Gasteiger partial charge on any atom is 0.307 e. The van der Waals surface area contributed by atoms with Gasteiger partial charge in [0.25, 0.3) is 0 Å². The molecule has 0 amide bonds. The summed E-state index contributed by atoms with van der Waals surface area (Å²) < 4.78 is 5.98. The lowest BCUT2D eigenvalue weighted by atomic mass is 9.97. The molecule has 2 heterocycles. The number of hydrogen-bond acceptors (Lipinski definition) is 4. The fourth-order valence-corrected chi connectivity index (χ4v) is 3.92. The van der Waals surface area contributed by atoms with Crippen LogP contribution >= 0.6 is 11.3 Å². The van der Waals surface area contributed by atoms with Gasteiger partial charge in [-0.05, 0) is 54.7 Å². The molecule has 2 aromatic rings. The standard InChI is InChI=1S/C20H23NO3S/c1-3-21(2)9-4-5-16-17-11-14(12-19(22)23)6-7-18(17)24-13-15-8-10-25-20(15)16/h5-8,10-11H,3-4,9,12-13H2,1-2H3,(H,22,23). The van der Waals surface area contributed by atoms with Gasteiger partial charge in [-0.25, -0.2) is 0 Å². The molecular weight excluding hydrogens is 334 g/mol. The molecule has 0 spiro atoms. The number of hydrogen-bond donors (Lipinski definition) is 1. The van der Waals surface area contributed by atoms with Crippen LogP contribution < -0.4 is 4.74 Å². The third-order valence-corrected chi connectivity index (χ3v) is 5.45. The van der Waals surface area contributed by atoms with E-state index in [9.17, 15) is 4.79 Å². The minimum absolute atomic E-state index is 0.0242. The first kappa shape index (κ1) is 17.7. The monoisotopic (exact) mass is 357 g/mol. The Morgan fingerprint density at radius 1 is 1.40 bits per heavy atom. The van der Waals surface area contributed by atoms with Gasteiger partial charge in [0.2, 0.25) is 0 Å². The van der Waals surface area contributed by atoms with E-state index in [0.717, 1.165) is 42.0 Å². The van der Waals surface area contributed by atoms with Crippen molar-refractivity contribution in [3.05, 3.63) is 57.3 Å². The van der Waals surface area contributed by atoms with Gasteiger partial charge in [0, 0.05) is 22.5 Å². The summed E-state index contributed by atoms with van der Waals surface area (Å²) in [6.45, 7) is 4.72. The number of thiophene rings is 1. The molecule has 0 saturated carbocycles. The number of benzene rings is 1. The molecule has 0 atom stereocenters. The molecule has 0 radical (unpaired) electrons. The van der Waals surface area contributed by atoms with Gasteiger partial charge in [0.1, 0.15) is 12.4 Å². The first-order valence-electron chi connectivity index (χ1n) is 8.51. The summed E-state index contributed by atoms with van der Waals surface area (Å²) in [5, 5.41) is 11.2. The molecule has 1 aliphatic rings. The predicted octanol–water partition coefficient (Wildman–Crippen LogP) is 4.04. The van der Waals surface area contributed by atoms with Crippen molar-refractivity contribution < 1.29 is 14.6 Å². The van der Waals surface area contributed by atoms with Crippen LogP contribution in [0.25, 0.3) is 5.57 Å². The number of carboxylic acid groups (broad SMARTS) is 1. The molecule has 5 heteroatoms. The number of nitrogens with zero attached hydrogens (tertiary/aromatic N) is 1. The molecule has 132 valence electrons. The molecule has 1 aromatic carbocycles. The average molecular weight is 357 g/mol. The second-order valence-corrected chi connectivity index (χ2v) is 7.18. The second-order valence-electron chi connectivity index (χ2n) is 6.27. The van der Waals surface area contributed by atoms with Crippen LogP contribution in [0.5, 0.6) is 5.75 Å². The predicted molar refractivity (Wildman–Crippen MR) is 101 cm³/mol. The summed E-state index contributed by atoms with van der Waals surface area (Å²) in [6.07, 6.45) is 3.23. The van der Waals surface area contributed by atoms with Crippen LogP contribution in [0.3, 0.4) is 0 Å². The Kier molecular flexibility index (Phi) is 5.56. The molecule has 0 unspecified atom stereocenters. The van der Waals surface area contributed by atoms with Gasteiger partial charge in [0.15, 0.2) is 0 Å². The minimum Gasteiger partial charge on any atom is -0.488 e. The molecule has 1 aliphatic heterocycles. The average Bonchev–Trinajstić information content (AvgIpc) is 3.00. The number of fused-ring (bicyclic) bond motifs is 2. The van der Waals surface area contributed by atoms with Crippen molar-refractivity contribution in [1.29, 1.82) is 0 Å². The Labute approximate surface area is 152 Å². The van der Waals surface area contributed by atoms with Crippen molar-refractivity contribution in [3.8, 4) is 5.75 Å². The number of aliphatic carboxylic acids is 1. The molecule has 25 heavy (non-hydrogen) atoms. The van der Waals surface area contributed by atoms with E-state index in [4.69, 9.17) is 9.84 Å². The SMILES string of the molecule is CCN(C)CCC=C1c2cc(CC(=O)O)ccc2OCc2ccsc21. The Bertz CT molecular complexity index is 794. The van der Waals surface area contributed by atoms with Crippen LogP contribution in [0.15, 0.2) is 35.7 Å². The number of rotatable bonds is 6. The summed E-state index contributed by atoms with van der Waals surface area (Å²) >= 11 is 1.72. The highest BCUT2D eigenvalue weighted by Gasteiger charge is 2.21. The third kappa shape index (κ3) is 4.11. The molecule has 0 bridgehead atoms. The lowest BCUT2D eigenvalue weighted by Crippen LogP contribution is -2.18. The Hall–Kier alpha value is -2.11. The van der Waals surface area contributed by atoms with E-state index in [1.54, 1.807) is 11.3 Å². The first-order chi connectivity index (χ1) is 12.1. The van der Waals surface area contributed by atoms with Crippen LogP contribution in [0.4, 0.5) is 0 Å². The van der Waals surface area contributed by atoms with Crippen LogP contribution in [-0.4, -0.2) is 36.1 Å². The van der Waals surface area contributed by atoms with Crippen LogP contribution in [0.1, 0.15) is 34.9 Å².